The largest absolute Gasteiger partial charge is 0.492 e. The summed E-state index contributed by atoms with van der Waals surface area (Å²) in [6, 6.07) is 14.4. The van der Waals surface area contributed by atoms with E-state index in [1.807, 2.05) is 52.2 Å². The van der Waals surface area contributed by atoms with Crippen LogP contribution in [0.5, 0.6) is 5.75 Å². The SMILES string of the molecule is CC(C)C(=O)Nc1cccc(NC(=O)NCc2cccc(OCCN(C)C)c2)c1. The van der Waals surface area contributed by atoms with Crippen molar-refractivity contribution in [3.63, 3.8) is 0 Å². The van der Waals surface area contributed by atoms with Gasteiger partial charge in [0.2, 0.25) is 5.91 Å². The van der Waals surface area contributed by atoms with E-state index in [2.05, 4.69) is 20.9 Å². The van der Waals surface area contributed by atoms with E-state index in [9.17, 15) is 9.59 Å². The van der Waals surface area contributed by atoms with E-state index in [0.29, 0.717) is 24.5 Å². The summed E-state index contributed by atoms with van der Waals surface area (Å²) in [6.45, 7) is 5.47. The summed E-state index contributed by atoms with van der Waals surface area (Å²) in [5.41, 5.74) is 2.19. The molecule has 156 valence electrons. The number of urea groups is 1. The zero-order valence-electron chi connectivity index (χ0n) is 17.5. The maximum Gasteiger partial charge on any atom is 0.319 e. The molecule has 2 aromatic carbocycles. The van der Waals surface area contributed by atoms with E-state index in [4.69, 9.17) is 4.74 Å². The van der Waals surface area contributed by atoms with Crippen LogP contribution in [-0.4, -0.2) is 44.1 Å². The third kappa shape index (κ3) is 8.23. The maximum absolute atomic E-state index is 12.2. The fraction of sp³-hybridized carbons (Fsp3) is 0.364. The summed E-state index contributed by atoms with van der Waals surface area (Å²) >= 11 is 0. The molecule has 2 rings (SSSR count). The summed E-state index contributed by atoms with van der Waals surface area (Å²) in [4.78, 5) is 26.1. The molecule has 7 heteroatoms. The van der Waals surface area contributed by atoms with Crippen molar-refractivity contribution >= 4 is 23.3 Å². The first-order chi connectivity index (χ1) is 13.8. The summed E-state index contributed by atoms with van der Waals surface area (Å²) in [6.07, 6.45) is 0. The molecular formula is C22H30N4O3. The third-order valence-electron chi connectivity index (χ3n) is 4.07. The molecule has 0 spiro atoms. The molecule has 0 saturated heterocycles. The van der Waals surface area contributed by atoms with Gasteiger partial charge in [-0.25, -0.2) is 4.79 Å². The van der Waals surface area contributed by atoms with Gasteiger partial charge in [0.25, 0.3) is 0 Å². The van der Waals surface area contributed by atoms with Crippen molar-refractivity contribution in [1.29, 1.82) is 0 Å². The van der Waals surface area contributed by atoms with Gasteiger partial charge in [-0.2, -0.15) is 0 Å². The number of benzene rings is 2. The molecule has 0 aliphatic heterocycles. The van der Waals surface area contributed by atoms with Crippen molar-refractivity contribution in [2.45, 2.75) is 20.4 Å². The lowest BCUT2D eigenvalue weighted by molar-refractivity contribution is -0.118. The molecule has 0 bridgehead atoms. The number of rotatable bonds is 9. The van der Waals surface area contributed by atoms with Crippen LogP contribution >= 0.6 is 0 Å². The van der Waals surface area contributed by atoms with Crippen molar-refractivity contribution in [3.05, 3.63) is 54.1 Å². The van der Waals surface area contributed by atoms with E-state index in [-0.39, 0.29) is 17.9 Å². The summed E-state index contributed by atoms with van der Waals surface area (Å²) in [5, 5.41) is 8.42. The van der Waals surface area contributed by atoms with Gasteiger partial charge in [-0.05, 0) is 50.0 Å². The van der Waals surface area contributed by atoms with Crippen molar-refractivity contribution < 1.29 is 14.3 Å². The second-order valence-electron chi connectivity index (χ2n) is 7.33. The van der Waals surface area contributed by atoms with Crippen LogP contribution in [0.3, 0.4) is 0 Å². The number of amides is 3. The lowest BCUT2D eigenvalue weighted by Crippen LogP contribution is -2.28. The quantitative estimate of drug-likeness (QED) is 0.603. The molecule has 0 fully saturated rings. The van der Waals surface area contributed by atoms with E-state index >= 15 is 0 Å². The Morgan fingerprint density at radius 3 is 2.38 bits per heavy atom. The minimum absolute atomic E-state index is 0.0701. The number of nitrogens with one attached hydrogen (secondary N) is 3. The van der Waals surface area contributed by atoms with Gasteiger partial charge >= 0.3 is 6.03 Å². The van der Waals surface area contributed by atoms with Crippen molar-refractivity contribution in [3.8, 4) is 5.75 Å². The van der Waals surface area contributed by atoms with Crippen LogP contribution in [-0.2, 0) is 11.3 Å². The lowest BCUT2D eigenvalue weighted by atomic mass is 10.2. The van der Waals surface area contributed by atoms with Crippen LogP contribution in [0.15, 0.2) is 48.5 Å². The number of hydrogen-bond donors (Lipinski definition) is 3. The highest BCUT2D eigenvalue weighted by atomic mass is 16.5. The molecule has 0 atom stereocenters. The normalized spacial score (nSPS) is 10.7. The highest BCUT2D eigenvalue weighted by Gasteiger charge is 2.08. The van der Waals surface area contributed by atoms with Gasteiger partial charge in [0.15, 0.2) is 0 Å². The van der Waals surface area contributed by atoms with Crippen molar-refractivity contribution in [2.75, 3.05) is 37.9 Å². The maximum atomic E-state index is 12.2. The van der Waals surface area contributed by atoms with Crippen LogP contribution in [0.4, 0.5) is 16.2 Å². The van der Waals surface area contributed by atoms with Crippen LogP contribution in [0.25, 0.3) is 0 Å². The van der Waals surface area contributed by atoms with E-state index in [0.717, 1.165) is 17.9 Å². The van der Waals surface area contributed by atoms with Crippen LogP contribution in [0.1, 0.15) is 19.4 Å². The number of nitrogens with zero attached hydrogens (tertiary/aromatic N) is 1. The van der Waals surface area contributed by atoms with Gasteiger partial charge in [-0.3, -0.25) is 4.79 Å². The van der Waals surface area contributed by atoms with Crippen molar-refractivity contribution in [2.24, 2.45) is 5.92 Å². The smallest absolute Gasteiger partial charge is 0.319 e. The Morgan fingerprint density at radius 1 is 1.00 bits per heavy atom. The van der Waals surface area contributed by atoms with Crippen molar-refractivity contribution in [1.82, 2.24) is 10.2 Å². The van der Waals surface area contributed by atoms with E-state index in [1.165, 1.54) is 0 Å². The molecule has 0 aliphatic rings. The topological polar surface area (TPSA) is 82.7 Å². The number of carbonyl (C=O) groups excluding carboxylic acids is 2. The average Bonchev–Trinajstić information content (AvgIpc) is 2.66. The Balaban J connectivity index is 1.85. The summed E-state index contributed by atoms with van der Waals surface area (Å²) in [5.74, 6) is 0.594. The van der Waals surface area contributed by atoms with E-state index < -0.39 is 0 Å². The Morgan fingerprint density at radius 2 is 1.69 bits per heavy atom. The number of anilines is 2. The Labute approximate surface area is 172 Å². The lowest BCUT2D eigenvalue weighted by Gasteiger charge is -2.13. The Kier molecular flexibility index (Phi) is 8.48. The van der Waals surface area contributed by atoms with Crippen LogP contribution in [0, 0.1) is 5.92 Å². The fourth-order valence-electron chi connectivity index (χ4n) is 2.41. The third-order valence-corrected chi connectivity index (χ3v) is 4.07. The highest BCUT2D eigenvalue weighted by Crippen LogP contribution is 2.16. The zero-order valence-corrected chi connectivity index (χ0v) is 17.5. The summed E-state index contributed by atoms with van der Waals surface area (Å²) < 4.78 is 5.72. The number of carbonyl (C=O) groups is 2. The van der Waals surface area contributed by atoms with Gasteiger partial charge in [0.1, 0.15) is 12.4 Å². The first-order valence-corrected chi connectivity index (χ1v) is 9.65. The highest BCUT2D eigenvalue weighted by molar-refractivity contribution is 5.94. The number of hydrogen-bond acceptors (Lipinski definition) is 4. The zero-order chi connectivity index (χ0) is 21.2. The second-order valence-corrected chi connectivity index (χ2v) is 7.33. The van der Waals surface area contributed by atoms with Gasteiger partial charge in [0.05, 0.1) is 0 Å². The molecule has 7 nitrogen and oxygen atoms in total. The molecule has 3 amide bonds. The molecule has 0 radical (unpaired) electrons. The Hall–Kier alpha value is -3.06. The molecular weight excluding hydrogens is 368 g/mol. The van der Waals surface area contributed by atoms with E-state index in [1.54, 1.807) is 24.3 Å². The summed E-state index contributed by atoms with van der Waals surface area (Å²) in [7, 11) is 3.99. The van der Waals surface area contributed by atoms with Gasteiger partial charge in [-0.1, -0.05) is 32.0 Å². The molecule has 29 heavy (non-hydrogen) atoms. The molecule has 3 N–H and O–H groups in total. The number of ether oxygens (including phenoxy) is 1. The molecule has 0 aliphatic carbocycles. The second kappa shape index (κ2) is 11.1. The Bertz CT molecular complexity index is 821. The predicted molar refractivity (Wildman–Crippen MR) is 116 cm³/mol. The fourth-order valence-corrected chi connectivity index (χ4v) is 2.41. The minimum atomic E-state index is -0.323. The predicted octanol–water partition coefficient (Wildman–Crippen LogP) is 3.54. The first kappa shape index (κ1) is 22.2. The van der Waals surface area contributed by atoms with Crippen LogP contribution in [0.2, 0.25) is 0 Å². The van der Waals surface area contributed by atoms with Gasteiger partial charge < -0.3 is 25.6 Å². The average molecular weight is 399 g/mol. The number of likely N-dealkylation sites (N-methyl/N-ethyl adjacent to an activating group) is 1. The van der Waals surface area contributed by atoms with Crippen LogP contribution < -0.4 is 20.7 Å². The molecule has 0 heterocycles. The van der Waals surface area contributed by atoms with Gasteiger partial charge in [0, 0.05) is 30.4 Å². The monoisotopic (exact) mass is 398 g/mol. The standard InChI is InChI=1S/C22H30N4O3/c1-16(2)21(27)24-18-8-6-9-19(14-18)25-22(28)23-15-17-7-5-10-20(13-17)29-12-11-26(3)4/h5-10,13-14,16H,11-12,15H2,1-4H3,(H,24,27)(H2,23,25,28). The molecule has 0 unspecified atom stereocenters. The molecule has 0 aromatic heterocycles. The molecule has 0 saturated carbocycles. The van der Waals surface area contributed by atoms with Gasteiger partial charge in [-0.15, -0.1) is 0 Å². The molecule has 2 aromatic rings. The first-order valence-electron chi connectivity index (χ1n) is 9.65. The minimum Gasteiger partial charge on any atom is -0.492 e.